The van der Waals surface area contributed by atoms with Gasteiger partial charge in [-0.25, -0.2) is 12.8 Å². The molecule has 4 rings (SSSR count). The molecule has 7 heteroatoms. The summed E-state index contributed by atoms with van der Waals surface area (Å²) in [6, 6.07) is 7.97. The number of ether oxygens (including phenoxy) is 1. The molecule has 130 valence electrons. The van der Waals surface area contributed by atoms with Crippen molar-refractivity contribution in [1.29, 1.82) is 0 Å². The molecule has 0 fully saturated rings. The number of rotatable bonds is 3. The predicted molar refractivity (Wildman–Crippen MR) is 90.0 cm³/mol. The standard InChI is InChI=1S/C18H16FNO4S/c1-23-17-9-13(25(21,22)12-4-2-3-11(19)7-12)8-14-15-10-20-6-5-16(15)24-18(14)17/h2-4,7-9,20H,5-6,10H2,1H3. The monoisotopic (exact) mass is 361 g/mol. The van der Waals surface area contributed by atoms with Crippen LogP contribution in [0.15, 0.2) is 50.6 Å². The molecule has 0 unspecified atom stereocenters. The molecule has 2 aromatic carbocycles. The van der Waals surface area contributed by atoms with Crippen LogP contribution in [-0.4, -0.2) is 22.1 Å². The van der Waals surface area contributed by atoms with Gasteiger partial charge in [0, 0.05) is 36.5 Å². The lowest BCUT2D eigenvalue weighted by Gasteiger charge is -2.11. The maximum absolute atomic E-state index is 13.5. The normalized spacial score (nSPS) is 14.5. The summed E-state index contributed by atoms with van der Waals surface area (Å²) >= 11 is 0. The van der Waals surface area contributed by atoms with E-state index >= 15 is 0 Å². The van der Waals surface area contributed by atoms with E-state index in [-0.39, 0.29) is 9.79 Å². The topological polar surface area (TPSA) is 68.5 Å². The molecule has 0 radical (unpaired) electrons. The number of sulfone groups is 1. The summed E-state index contributed by atoms with van der Waals surface area (Å²) in [5.74, 6) is 0.591. The first-order valence-corrected chi connectivity index (χ1v) is 9.32. The molecule has 0 spiro atoms. The lowest BCUT2D eigenvalue weighted by Crippen LogP contribution is -2.22. The number of hydrogen-bond donors (Lipinski definition) is 1. The van der Waals surface area contributed by atoms with Crippen molar-refractivity contribution in [2.24, 2.45) is 0 Å². The van der Waals surface area contributed by atoms with E-state index in [0.717, 1.165) is 30.4 Å². The Kier molecular flexibility index (Phi) is 3.77. The van der Waals surface area contributed by atoms with Gasteiger partial charge in [0.1, 0.15) is 11.6 Å². The van der Waals surface area contributed by atoms with Crippen LogP contribution in [-0.2, 0) is 22.8 Å². The molecule has 2 heterocycles. The Morgan fingerprint density at radius 1 is 1.20 bits per heavy atom. The fraction of sp³-hybridized carbons (Fsp3) is 0.222. The molecule has 1 aliphatic heterocycles. The van der Waals surface area contributed by atoms with Gasteiger partial charge in [-0.1, -0.05) is 6.07 Å². The molecule has 5 nitrogen and oxygen atoms in total. The van der Waals surface area contributed by atoms with E-state index in [9.17, 15) is 12.8 Å². The smallest absolute Gasteiger partial charge is 0.206 e. The van der Waals surface area contributed by atoms with Crippen LogP contribution in [0.4, 0.5) is 4.39 Å². The molecule has 0 saturated heterocycles. The second-order valence-corrected chi connectivity index (χ2v) is 7.84. The Morgan fingerprint density at radius 3 is 2.80 bits per heavy atom. The second kappa shape index (κ2) is 5.86. The Morgan fingerprint density at radius 2 is 2.04 bits per heavy atom. The van der Waals surface area contributed by atoms with Gasteiger partial charge in [0.05, 0.1) is 16.9 Å². The quantitative estimate of drug-likeness (QED) is 0.777. The number of nitrogens with one attached hydrogen (secondary N) is 1. The van der Waals surface area contributed by atoms with Crippen molar-refractivity contribution in [3.05, 3.63) is 53.5 Å². The van der Waals surface area contributed by atoms with Crippen LogP contribution >= 0.6 is 0 Å². The first-order valence-electron chi connectivity index (χ1n) is 7.84. The second-order valence-electron chi connectivity index (χ2n) is 5.89. The fourth-order valence-corrected chi connectivity index (χ4v) is 4.46. The molecule has 1 N–H and O–H groups in total. The van der Waals surface area contributed by atoms with Gasteiger partial charge in [0.25, 0.3) is 0 Å². The number of methoxy groups -OCH3 is 1. The van der Waals surface area contributed by atoms with Crippen LogP contribution in [0.2, 0.25) is 0 Å². The average Bonchev–Trinajstić information content (AvgIpc) is 2.99. The Hall–Kier alpha value is -2.38. The van der Waals surface area contributed by atoms with Crippen molar-refractivity contribution in [3.63, 3.8) is 0 Å². The number of benzene rings is 2. The zero-order chi connectivity index (χ0) is 17.6. The van der Waals surface area contributed by atoms with Gasteiger partial charge in [0.2, 0.25) is 9.84 Å². The van der Waals surface area contributed by atoms with Crippen LogP contribution in [0.3, 0.4) is 0 Å². The van der Waals surface area contributed by atoms with Gasteiger partial charge in [-0.15, -0.1) is 0 Å². The highest BCUT2D eigenvalue weighted by molar-refractivity contribution is 7.91. The van der Waals surface area contributed by atoms with Crippen molar-refractivity contribution >= 4 is 20.8 Å². The van der Waals surface area contributed by atoms with Crippen LogP contribution in [0, 0.1) is 5.82 Å². The zero-order valence-electron chi connectivity index (χ0n) is 13.5. The SMILES string of the molecule is COc1cc(S(=O)(=O)c2cccc(F)c2)cc2c3c(oc12)CCNC3. The van der Waals surface area contributed by atoms with Crippen LogP contribution in [0.5, 0.6) is 5.75 Å². The minimum absolute atomic E-state index is 0.0524. The van der Waals surface area contributed by atoms with Gasteiger partial charge in [0.15, 0.2) is 11.3 Å². The maximum Gasteiger partial charge on any atom is 0.206 e. The number of halogens is 1. The molecule has 0 amide bonds. The predicted octanol–water partition coefficient (Wildman–Crippen LogP) is 3.06. The molecule has 1 aromatic heterocycles. The third-order valence-electron chi connectivity index (χ3n) is 4.38. The molecule has 0 atom stereocenters. The summed E-state index contributed by atoms with van der Waals surface area (Å²) < 4.78 is 50.5. The van der Waals surface area contributed by atoms with Gasteiger partial charge >= 0.3 is 0 Å². The number of furan rings is 1. The summed E-state index contributed by atoms with van der Waals surface area (Å²) in [6.45, 7) is 1.42. The van der Waals surface area contributed by atoms with Crippen LogP contribution in [0.25, 0.3) is 11.0 Å². The first kappa shape index (κ1) is 16.1. The molecule has 0 saturated carbocycles. The summed E-state index contributed by atoms with van der Waals surface area (Å²) in [7, 11) is -2.41. The maximum atomic E-state index is 13.5. The molecular formula is C18H16FNO4S. The largest absolute Gasteiger partial charge is 0.493 e. The fourth-order valence-electron chi connectivity index (χ4n) is 3.13. The van der Waals surface area contributed by atoms with Gasteiger partial charge in [-0.2, -0.15) is 0 Å². The van der Waals surface area contributed by atoms with Gasteiger partial charge in [-0.05, 0) is 24.3 Å². The van der Waals surface area contributed by atoms with E-state index in [4.69, 9.17) is 9.15 Å². The minimum atomic E-state index is -3.87. The zero-order valence-corrected chi connectivity index (χ0v) is 14.3. The molecule has 0 aliphatic carbocycles. The Bertz CT molecular complexity index is 1070. The third-order valence-corrected chi connectivity index (χ3v) is 6.11. The van der Waals surface area contributed by atoms with Crippen LogP contribution in [0.1, 0.15) is 11.3 Å². The van der Waals surface area contributed by atoms with E-state index in [1.807, 2.05) is 0 Å². The van der Waals surface area contributed by atoms with E-state index in [2.05, 4.69) is 5.32 Å². The van der Waals surface area contributed by atoms with Crippen molar-refractivity contribution < 1.29 is 22.0 Å². The van der Waals surface area contributed by atoms with Crippen LogP contribution < -0.4 is 10.1 Å². The van der Waals surface area contributed by atoms with E-state index < -0.39 is 15.7 Å². The highest BCUT2D eigenvalue weighted by Gasteiger charge is 2.25. The van der Waals surface area contributed by atoms with E-state index in [1.54, 1.807) is 6.07 Å². The Labute approximate surface area is 144 Å². The Balaban J connectivity index is 1.96. The third kappa shape index (κ3) is 2.60. The van der Waals surface area contributed by atoms with Crippen molar-refractivity contribution in [1.82, 2.24) is 5.32 Å². The van der Waals surface area contributed by atoms with Gasteiger partial charge in [-0.3, -0.25) is 0 Å². The molecule has 0 bridgehead atoms. The average molecular weight is 361 g/mol. The molecule has 3 aromatic rings. The summed E-state index contributed by atoms with van der Waals surface area (Å²) in [4.78, 5) is -0.0407. The summed E-state index contributed by atoms with van der Waals surface area (Å²) in [5.41, 5.74) is 1.48. The highest BCUT2D eigenvalue weighted by Crippen LogP contribution is 2.37. The molecule has 25 heavy (non-hydrogen) atoms. The van der Waals surface area contributed by atoms with E-state index in [1.165, 1.54) is 31.4 Å². The van der Waals surface area contributed by atoms with Gasteiger partial charge < -0.3 is 14.5 Å². The molecular weight excluding hydrogens is 345 g/mol. The summed E-state index contributed by atoms with van der Waals surface area (Å²) in [5, 5.41) is 3.96. The van der Waals surface area contributed by atoms with Crippen molar-refractivity contribution in [2.45, 2.75) is 22.8 Å². The molecule has 1 aliphatic rings. The van der Waals surface area contributed by atoms with Crippen molar-refractivity contribution in [2.75, 3.05) is 13.7 Å². The summed E-state index contributed by atoms with van der Waals surface area (Å²) in [6.07, 6.45) is 0.735. The van der Waals surface area contributed by atoms with Crippen molar-refractivity contribution in [3.8, 4) is 5.75 Å². The first-order chi connectivity index (χ1) is 12.0. The lowest BCUT2D eigenvalue weighted by atomic mass is 10.1. The number of fused-ring (bicyclic) bond motifs is 3. The van der Waals surface area contributed by atoms with E-state index in [0.29, 0.717) is 23.3 Å². The number of hydrogen-bond acceptors (Lipinski definition) is 5. The lowest BCUT2D eigenvalue weighted by molar-refractivity contribution is 0.404. The minimum Gasteiger partial charge on any atom is -0.493 e. The highest BCUT2D eigenvalue weighted by atomic mass is 32.2.